The van der Waals surface area contributed by atoms with E-state index in [0.29, 0.717) is 24.0 Å². The molecule has 0 N–H and O–H groups in total. The molecule has 0 fully saturated rings. The number of ether oxygens (including phenoxy) is 1. The fourth-order valence-corrected chi connectivity index (χ4v) is 2.74. The normalized spacial score (nSPS) is 11.8. The zero-order chi connectivity index (χ0) is 19.2. The molecule has 27 heavy (non-hydrogen) atoms. The van der Waals surface area contributed by atoms with Crippen LogP contribution in [0.25, 0.3) is 11.4 Å². The van der Waals surface area contributed by atoms with E-state index in [2.05, 4.69) is 10.1 Å². The molecule has 0 saturated heterocycles. The minimum atomic E-state index is -0.605. The van der Waals surface area contributed by atoms with E-state index in [0.717, 1.165) is 11.1 Å². The lowest BCUT2D eigenvalue weighted by Gasteiger charge is -2.23. The van der Waals surface area contributed by atoms with Crippen LogP contribution in [0.1, 0.15) is 25.3 Å². The van der Waals surface area contributed by atoms with Gasteiger partial charge in [-0.05, 0) is 39.0 Å². The molecule has 2 aromatic carbocycles. The van der Waals surface area contributed by atoms with Crippen molar-refractivity contribution in [1.82, 2.24) is 15.0 Å². The maximum atomic E-state index is 12.7. The van der Waals surface area contributed by atoms with Crippen molar-refractivity contribution < 1.29 is 14.1 Å². The van der Waals surface area contributed by atoms with Gasteiger partial charge < -0.3 is 14.2 Å². The van der Waals surface area contributed by atoms with Gasteiger partial charge in [0, 0.05) is 12.1 Å². The Morgan fingerprint density at radius 2 is 1.96 bits per heavy atom. The average molecular weight is 365 g/mol. The minimum Gasteiger partial charge on any atom is -0.481 e. The summed E-state index contributed by atoms with van der Waals surface area (Å²) < 4.78 is 11.1. The molecule has 0 unspecified atom stereocenters. The van der Waals surface area contributed by atoms with Crippen LogP contribution in [0.15, 0.2) is 59.1 Å². The van der Waals surface area contributed by atoms with Crippen molar-refractivity contribution in [3.05, 3.63) is 66.1 Å². The molecule has 0 saturated carbocycles. The maximum Gasteiger partial charge on any atom is 0.263 e. The van der Waals surface area contributed by atoms with Crippen LogP contribution in [-0.4, -0.2) is 33.6 Å². The van der Waals surface area contributed by atoms with Crippen molar-refractivity contribution >= 4 is 5.91 Å². The van der Waals surface area contributed by atoms with Gasteiger partial charge in [-0.25, -0.2) is 0 Å². The number of hydrogen-bond acceptors (Lipinski definition) is 5. The minimum absolute atomic E-state index is 0.128. The number of aryl methyl sites for hydroxylation is 1. The standard InChI is InChI=1S/C21H23N3O3/c1-4-24(21(25)16(3)26-18-11-6-5-7-12-18)14-19-22-20(23-27-19)17-10-8-9-15(2)13-17/h5-13,16H,4,14H2,1-3H3/t16-/m1/s1. The fraction of sp³-hybridized carbons (Fsp3) is 0.286. The van der Waals surface area contributed by atoms with Crippen LogP contribution >= 0.6 is 0 Å². The Balaban J connectivity index is 1.67. The van der Waals surface area contributed by atoms with Gasteiger partial charge in [-0.3, -0.25) is 4.79 Å². The number of likely N-dealkylation sites (N-methyl/N-ethyl adjacent to an activating group) is 1. The van der Waals surface area contributed by atoms with Crippen LogP contribution in [0.4, 0.5) is 0 Å². The van der Waals surface area contributed by atoms with Crippen molar-refractivity contribution in [2.45, 2.75) is 33.4 Å². The van der Waals surface area contributed by atoms with E-state index in [1.807, 2.05) is 68.4 Å². The zero-order valence-electron chi connectivity index (χ0n) is 15.8. The Hall–Kier alpha value is -3.15. The monoisotopic (exact) mass is 365 g/mol. The van der Waals surface area contributed by atoms with Crippen LogP contribution in [0.2, 0.25) is 0 Å². The molecular formula is C21H23N3O3. The van der Waals surface area contributed by atoms with Gasteiger partial charge in [-0.2, -0.15) is 4.98 Å². The number of rotatable bonds is 7. The van der Waals surface area contributed by atoms with Gasteiger partial charge in [0.25, 0.3) is 5.91 Å². The van der Waals surface area contributed by atoms with E-state index >= 15 is 0 Å². The van der Waals surface area contributed by atoms with Gasteiger partial charge in [0.2, 0.25) is 11.7 Å². The number of nitrogens with zero attached hydrogens (tertiary/aromatic N) is 3. The number of amides is 1. The van der Waals surface area contributed by atoms with E-state index in [1.54, 1.807) is 11.8 Å². The molecule has 3 aromatic rings. The van der Waals surface area contributed by atoms with Gasteiger partial charge in [-0.15, -0.1) is 0 Å². The molecular weight excluding hydrogens is 342 g/mol. The summed E-state index contributed by atoms with van der Waals surface area (Å²) in [5, 5.41) is 4.03. The van der Waals surface area contributed by atoms with Crippen molar-refractivity contribution in [2.24, 2.45) is 0 Å². The quantitative estimate of drug-likeness (QED) is 0.636. The second kappa shape index (κ2) is 8.49. The highest BCUT2D eigenvalue weighted by molar-refractivity contribution is 5.80. The first kappa shape index (κ1) is 18.6. The maximum absolute atomic E-state index is 12.7. The number of benzene rings is 2. The molecule has 1 aromatic heterocycles. The number of para-hydroxylation sites is 1. The smallest absolute Gasteiger partial charge is 0.263 e. The third-order valence-electron chi connectivity index (χ3n) is 4.17. The van der Waals surface area contributed by atoms with Crippen LogP contribution in [-0.2, 0) is 11.3 Å². The van der Waals surface area contributed by atoms with E-state index in [-0.39, 0.29) is 12.5 Å². The molecule has 0 aliphatic carbocycles. The number of carbonyl (C=O) groups is 1. The first-order valence-electron chi connectivity index (χ1n) is 8.97. The molecule has 1 heterocycles. The first-order chi connectivity index (χ1) is 13.1. The van der Waals surface area contributed by atoms with Crippen molar-refractivity contribution in [3.63, 3.8) is 0 Å². The summed E-state index contributed by atoms with van der Waals surface area (Å²) in [6.07, 6.45) is -0.605. The SMILES string of the molecule is CCN(Cc1nc(-c2cccc(C)c2)no1)C(=O)[C@@H](C)Oc1ccccc1. The lowest BCUT2D eigenvalue weighted by molar-refractivity contribution is -0.138. The van der Waals surface area contributed by atoms with Crippen LogP contribution in [0.5, 0.6) is 5.75 Å². The third kappa shape index (κ3) is 4.73. The van der Waals surface area contributed by atoms with Crippen LogP contribution < -0.4 is 4.74 Å². The molecule has 0 radical (unpaired) electrons. The summed E-state index contributed by atoms with van der Waals surface area (Å²) in [5.41, 5.74) is 2.01. The summed E-state index contributed by atoms with van der Waals surface area (Å²) in [6, 6.07) is 17.2. The van der Waals surface area contributed by atoms with E-state index in [4.69, 9.17) is 9.26 Å². The fourth-order valence-electron chi connectivity index (χ4n) is 2.74. The number of hydrogen-bond donors (Lipinski definition) is 0. The molecule has 0 spiro atoms. The van der Waals surface area contributed by atoms with E-state index in [9.17, 15) is 4.79 Å². The Kier molecular flexibility index (Phi) is 5.86. The third-order valence-corrected chi connectivity index (χ3v) is 4.17. The lowest BCUT2D eigenvalue weighted by Crippen LogP contribution is -2.40. The van der Waals surface area contributed by atoms with Crippen molar-refractivity contribution in [3.8, 4) is 17.1 Å². The topological polar surface area (TPSA) is 68.5 Å². The predicted octanol–water partition coefficient (Wildman–Crippen LogP) is 3.86. The van der Waals surface area contributed by atoms with Crippen LogP contribution in [0, 0.1) is 6.92 Å². The lowest BCUT2D eigenvalue weighted by atomic mass is 10.1. The molecule has 6 nitrogen and oxygen atoms in total. The Labute approximate surface area is 158 Å². The summed E-state index contributed by atoms with van der Waals surface area (Å²) in [6.45, 7) is 6.42. The predicted molar refractivity (Wildman–Crippen MR) is 102 cm³/mol. The molecule has 140 valence electrons. The van der Waals surface area contributed by atoms with Crippen molar-refractivity contribution in [1.29, 1.82) is 0 Å². The largest absolute Gasteiger partial charge is 0.481 e. The Morgan fingerprint density at radius 3 is 2.67 bits per heavy atom. The van der Waals surface area contributed by atoms with Crippen LogP contribution in [0.3, 0.4) is 0 Å². The molecule has 0 bridgehead atoms. The molecule has 6 heteroatoms. The summed E-state index contributed by atoms with van der Waals surface area (Å²) in [5.74, 6) is 1.45. The second-order valence-corrected chi connectivity index (χ2v) is 6.31. The van der Waals surface area contributed by atoms with E-state index in [1.165, 1.54) is 0 Å². The summed E-state index contributed by atoms with van der Waals surface area (Å²) in [7, 11) is 0. The highest BCUT2D eigenvalue weighted by atomic mass is 16.5. The Bertz CT molecular complexity index is 892. The van der Waals surface area contributed by atoms with Gasteiger partial charge in [0.15, 0.2) is 6.10 Å². The highest BCUT2D eigenvalue weighted by Crippen LogP contribution is 2.18. The van der Waals surface area contributed by atoms with Gasteiger partial charge in [0.05, 0.1) is 0 Å². The molecule has 0 aliphatic rings. The van der Waals surface area contributed by atoms with E-state index < -0.39 is 6.10 Å². The van der Waals surface area contributed by atoms with Gasteiger partial charge in [-0.1, -0.05) is 47.1 Å². The summed E-state index contributed by atoms with van der Waals surface area (Å²) in [4.78, 5) is 18.8. The average Bonchev–Trinajstić information content (AvgIpc) is 3.15. The molecule has 1 amide bonds. The molecule has 0 aliphatic heterocycles. The van der Waals surface area contributed by atoms with Gasteiger partial charge >= 0.3 is 0 Å². The molecule has 3 rings (SSSR count). The number of carbonyl (C=O) groups excluding carboxylic acids is 1. The van der Waals surface area contributed by atoms with Gasteiger partial charge in [0.1, 0.15) is 12.3 Å². The molecule has 1 atom stereocenters. The second-order valence-electron chi connectivity index (χ2n) is 6.31. The highest BCUT2D eigenvalue weighted by Gasteiger charge is 2.23. The Morgan fingerprint density at radius 1 is 1.19 bits per heavy atom. The summed E-state index contributed by atoms with van der Waals surface area (Å²) >= 11 is 0. The van der Waals surface area contributed by atoms with Crippen molar-refractivity contribution in [2.75, 3.05) is 6.54 Å². The zero-order valence-corrected chi connectivity index (χ0v) is 15.8. The number of aromatic nitrogens is 2. The first-order valence-corrected chi connectivity index (χ1v) is 8.97.